The normalized spacial score (nSPS) is 23.9. The standard InChI is InChI=1S/C13H14O8/c14-10(15)8(11(16)17)6-4-1-2-5(3-4)7(6)9(12(18)19)13(20)21/h4-5,8-9H,1-3H2,(H,14,15)(H,16,17)(H,18,19)(H,20,21). The summed E-state index contributed by atoms with van der Waals surface area (Å²) in [6.45, 7) is 0. The van der Waals surface area contributed by atoms with Gasteiger partial charge in [-0.2, -0.15) is 0 Å². The molecule has 0 aromatic heterocycles. The number of fused-ring (bicyclic) bond motifs is 2. The summed E-state index contributed by atoms with van der Waals surface area (Å²) in [5.74, 6) is -10.9. The molecule has 8 nitrogen and oxygen atoms in total. The number of carbonyl (C=O) groups is 4. The highest BCUT2D eigenvalue weighted by Gasteiger charge is 2.51. The molecule has 21 heavy (non-hydrogen) atoms. The minimum absolute atomic E-state index is 0.0268. The molecule has 114 valence electrons. The molecular formula is C13H14O8. The molecule has 2 aliphatic carbocycles. The minimum atomic E-state index is -1.88. The van der Waals surface area contributed by atoms with E-state index >= 15 is 0 Å². The third-order valence-electron chi connectivity index (χ3n) is 4.26. The first kappa shape index (κ1) is 15.0. The number of carboxylic acids is 4. The van der Waals surface area contributed by atoms with E-state index in [9.17, 15) is 19.2 Å². The molecule has 0 aliphatic heterocycles. The second-order valence-electron chi connectivity index (χ2n) is 5.34. The molecular weight excluding hydrogens is 284 g/mol. The fraction of sp³-hybridized carbons (Fsp3) is 0.538. The molecule has 0 radical (unpaired) electrons. The molecule has 1 fully saturated rings. The first-order valence-corrected chi connectivity index (χ1v) is 6.40. The lowest BCUT2D eigenvalue weighted by Gasteiger charge is -2.24. The molecule has 2 rings (SSSR count). The molecule has 0 aromatic rings. The lowest BCUT2D eigenvalue weighted by molar-refractivity contribution is -0.156. The predicted molar refractivity (Wildman–Crippen MR) is 65.4 cm³/mol. The maximum absolute atomic E-state index is 11.2. The zero-order valence-corrected chi connectivity index (χ0v) is 10.9. The molecule has 2 atom stereocenters. The zero-order chi connectivity index (χ0) is 15.9. The maximum atomic E-state index is 11.2. The number of hydrogen-bond acceptors (Lipinski definition) is 4. The summed E-state index contributed by atoms with van der Waals surface area (Å²) in [5.41, 5.74) is -0.0536. The highest BCUT2D eigenvalue weighted by molar-refractivity contribution is 6.00. The molecule has 0 heterocycles. The van der Waals surface area contributed by atoms with E-state index in [4.69, 9.17) is 20.4 Å². The quantitative estimate of drug-likeness (QED) is 0.403. The Morgan fingerprint density at radius 3 is 1.24 bits per heavy atom. The summed E-state index contributed by atoms with van der Waals surface area (Å²) in [5, 5.41) is 36.4. The summed E-state index contributed by atoms with van der Waals surface area (Å²) in [4.78, 5) is 44.8. The average Bonchev–Trinajstić information content (AvgIpc) is 2.90. The van der Waals surface area contributed by atoms with Crippen LogP contribution in [0.4, 0.5) is 0 Å². The van der Waals surface area contributed by atoms with Gasteiger partial charge in [0.05, 0.1) is 0 Å². The van der Waals surface area contributed by atoms with E-state index in [0.717, 1.165) is 0 Å². The van der Waals surface area contributed by atoms with Gasteiger partial charge in [-0.15, -0.1) is 0 Å². The van der Waals surface area contributed by atoms with Crippen molar-refractivity contribution in [1.29, 1.82) is 0 Å². The van der Waals surface area contributed by atoms with E-state index in [1.54, 1.807) is 0 Å². The van der Waals surface area contributed by atoms with Crippen molar-refractivity contribution in [3.63, 3.8) is 0 Å². The maximum Gasteiger partial charge on any atom is 0.322 e. The smallest absolute Gasteiger partial charge is 0.322 e. The molecule has 2 unspecified atom stereocenters. The fourth-order valence-corrected chi connectivity index (χ4v) is 3.57. The largest absolute Gasteiger partial charge is 0.480 e. The topological polar surface area (TPSA) is 149 Å². The van der Waals surface area contributed by atoms with Crippen molar-refractivity contribution < 1.29 is 39.6 Å². The Labute approximate surface area is 118 Å². The van der Waals surface area contributed by atoms with Crippen LogP contribution in [0.15, 0.2) is 11.1 Å². The van der Waals surface area contributed by atoms with Gasteiger partial charge in [0, 0.05) is 0 Å². The van der Waals surface area contributed by atoms with Crippen LogP contribution in [0.2, 0.25) is 0 Å². The summed E-state index contributed by atoms with van der Waals surface area (Å²) in [7, 11) is 0. The lowest BCUT2D eigenvalue weighted by Crippen LogP contribution is -2.34. The van der Waals surface area contributed by atoms with E-state index in [0.29, 0.717) is 19.3 Å². The van der Waals surface area contributed by atoms with Crippen LogP contribution in [0.5, 0.6) is 0 Å². The summed E-state index contributed by atoms with van der Waals surface area (Å²) >= 11 is 0. The molecule has 0 amide bonds. The van der Waals surface area contributed by atoms with Crippen LogP contribution in [0.3, 0.4) is 0 Å². The second kappa shape index (κ2) is 5.19. The van der Waals surface area contributed by atoms with E-state index in [2.05, 4.69) is 0 Å². The highest BCUT2D eigenvalue weighted by atomic mass is 16.4. The third-order valence-corrected chi connectivity index (χ3v) is 4.26. The Hall–Kier alpha value is -2.38. The molecule has 2 aliphatic rings. The molecule has 0 saturated heterocycles. The first-order chi connectivity index (χ1) is 9.75. The van der Waals surface area contributed by atoms with Crippen molar-refractivity contribution in [2.75, 3.05) is 0 Å². The van der Waals surface area contributed by atoms with Gasteiger partial charge in [0.2, 0.25) is 0 Å². The van der Waals surface area contributed by atoms with Crippen LogP contribution < -0.4 is 0 Å². The summed E-state index contributed by atoms with van der Waals surface area (Å²) < 4.78 is 0. The van der Waals surface area contributed by atoms with E-state index in [1.807, 2.05) is 0 Å². The number of hydrogen-bond donors (Lipinski definition) is 4. The van der Waals surface area contributed by atoms with Crippen LogP contribution >= 0.6 is 0 Å². The first-order valence-electron chi connectivity index (χ1n) is 6.40. The van der Waals surface area contributed by atoms with Gasteiger partial charge in [-0.3, -0.25) is 19.2 Å². The molecule has 8 heteroatoms. The Bertz CT molecular complexity index is 485. The van der Waals surface area contributed by atoms with E-state index in [-0.39, 0.29) is 23.0 Å². The van der Waals surface area contributed by atoms with Gasteiger partial charge in [0.15, 0.2) is 11.8 Å². The van der Waals surface area contributed by atoms with Crippen molar-refractivity contribution in [2.24, 2.45) is 23.7 Å². The van der Waals surface area contributed by atoms with Crippen molar-refractivity contribution in [1.82, 2.24) is 0 Å². The van der Waals surface area contributed by atoms with Crippen LogP contribution in [-0.2, 0) is 19.2 Å². The Morgan fingerprint density at radius 2 is 1.00 bits per heavy atom. The van der Waals surface area contributed by atoms with Gasteiger partial charge in [-0.1, -0.05) is 0 Å². The lowest BCUT2D eigenvalue weighted by atomic mass is 9.78. The summed E-state index contributed by atoms with van der Waals surface area (Å²) in [6, 6.07) is 0. The SMILES string of the molecule is O=C(O)C(C(=O)O)C1=C(C(C(=O)O)C(=O)O)C2CCC1C2. The molecule has 4 N–H and O–H groups in total. The second-order valence-corrected chi connectivity index (χ2v) is 5.34. The highest BCUT2D eigenvalue weighted by Crippen LogP contribution is 2.53. The van der Waals surface area contributed by atoms with Gasteiger partial charge in [0.1, 0.15) is 0 Å². The summed E-state index contributed by atoms with van der Waals surface area (Å²) in [6.07, 6.45) is 1.55. The van der Waals surface area contributed by atoms with Crippen molar-refractivity contribution >= 4 is 23.9 Å². The molecule has 0 aromatic carbocycles. The van der Waals surface area contributed by atoms with Crippen LogP contribution in [-0.4, -0.2) is 44.3 Å². The van der Waals surface area contributed by atoms with Crippen molar-refractivity contribution in [3.8, 4) is 0 Å². The van der Waals surface area contributed by atoms with Crippen LogP contribution in [0.1, 0.15) is 19.3 Å². The number of carboxylic acid groups (broad SMARTS) is 4. The predicted octanol–water partition coefficient (Wildman–Crippen LogP) is 0.284. The molecule has 2 bridgehead atoms. The van der Waals surface area contributed by atoms with Crippen LogP contribution in [0.25, 0.3) is 0 Å². The molecule has 1 saturated carbocycles. The Morgan fingerprint density at radius 1 is 0.714 bits per heavy atom. The molecule has 0 spiro atoms. The van der Waals surface area contributed by atoms with Crippen molar-refractivity contribution in [2.45, 2.75) is 19.3 Å². The average molecular weight is 298 g/mol. The van der Waals surface area contributed by atoms with Crippen LogP contribution in [0, 0.1) is 23.7 Å². The number of aliphatic carboxylic acids is 4. The fourth-order valence-electron chi connectivity index (χ4n) is 3.57. The van der Waals surface area contributed by atoms with Gasteiger partial charge < -0.3 is 20.4 Å². The Kier molecular flexibility index (Phi) is 3.71. The Balaban J connectivity index is 2.60. The van der Waals surface area contributed by atoms with Gasteiger partial charge in [-0.05, 0) is 42.2 Å². The minimum Gasteiger partial charge on any atom is -0.480 e. The monoisotopic (exact) mass is 298 g/mol. The van der Waals surface area contributed by atoms with Gasteiger partial charge in [-0.25, -0.2) is 0 Å². The van der Waals surface area contributed by atoms with E-state index in [1.165, 1.54) is 0 Å². The number of rotatable bonds is 6. The third kappa shape index (κ3) is 2.37. The zero-order valence-electron chi connectivity index (χ0n) is 10.9. The van der Waals surface area contributed by atoms with Gasteiger partial charge in [0.25, 0.3) is 0 Å². The van der Waals surface area contributed by atoms with E-state index < -0.39 is 35.7 Å². The van der Waals surface area contributed by atoms with Gasteiger partial charge >= 0.3 is 23.9 Å². The van der Waals surface area contributed by atoms with Crippen molar-refractivity contribution in [3.05, 3.63) is 11.1 Å².